The van der Waals surface area contributed by atoms with Crippen LogP contribution in [0.15, 0.2) is 48.6 Å². The third kappa shape index (κ3) is 54.1. The maximum absolute atomic E-state index is 13.3. The molecule has 0 saturated carbocycles. The van der Waals surface area contributed by atoms with E-state index in [4.69, 9.17) is 4.74 Å². The summed E-state index contributed by atoms with van der Waals surface area (Å²) in [6.07, 6.45) is 74.7. The van der Waals surface area contributed by atoms with E-state index in [0.717, 1.165) is 83.5 Å². The summed E-state index contributed by atoms with van der Waals surface area (Å²) in [7, 11) is 0. The SMILES string of the molecule is CCCCC/C=C\C/C=C\C/C=C\CCCCCCC(CC(=O)NC(CO)C(O)CCCCCCCCCCCCCCCCCCC)OC(=O)CCCCCCCCCCC/C=C/CCCCCCCC. The van der Waals surface area contributed by atoms with Crippen molar-refractivity contribution in [3.8, 4) is 0 Å². The molecule has 6 heteroatoms. The first kappa shape index (κ1) is 69.8. The van der Waals surface area contributed by atoms with Crippen molar-refractivity contribution in [2.45, 2.75) is 354 Å². The van der Waals surface area contributed by atoms with Gasteiger partial charge in [0, 0.05) is 6.42 Å². The number of hydrogen-bond acceptors (Lipinski definition) is 5. The Morgan fingerprint density at radius 1 is 0.403 bits per heavy atom. The van der Waals surface area contributed by atoms with Crippen LogP contribution in [0.3, 0.4) is 0 Å². The summed E-state index contributed by atoms with van der Waals surface area (Å²) in [6.45, 7) is 6.49. The zero-order chi connectivity index (χ0) is 52.3. The van der Waals surface area contributed by atoms with Gasteiger partial charge < -0.3 is 20.3 Å². The van der Waals surface area contributed by atoms with Crippen LogP contribution in [0.2, 0.25) is 0 Å². The molecule has 0 aromatic heterocycles. The zero-order valence-electron chi connectivity index (χ0n) is 48.3. The van der Waals surface area contributed by atoms with Crippen LogP contribution in [0.25, 0.3) is 0 Å². The first-order chi connectivity index (χ1) is 35.5. The Kier molecular flexibility index (Phi) is 57.9. The second-order valence-electron chi connectivity index (χ2n) is 21.8. The van der Waals surface area contributed by atoms with Gasteiger partial charge in [0.05, 0.1) is 25.2 Å². The van der Waals surface area contributed by atoms with Gasteiger partial charge in [-0.1, -0.05) is 281 Å². The Labute approximate surface area is 448 Å². The molecule has 3 atom stereocenters. The van der Waals surface area contributed by atoms with E-state index in [2.05, 4.69) is 74.7 Å². The van der Waals surface area contributed by atoms with Gasteiger partial charge in [-0.3, -0.25) is 9.59 Å². The minimum atomic E-state index is -0.796. The van der Waals surface area contributed by atoms with Crippen LogP contribution in [0.1, 0.15) is 335 Å². The highest BCUT2D eigenvalue weighted by Crippen LogP contribution is 2.19. The maximum atomic E-state index is 13.3. The van der Waals surface area contributed by atoms with E-state index in [0.29, 0.717) is 19.3 Å². The molecule has 3 unspecified atom stereocenters. The van der Waals surface area contributed by atoms with E-state index in [1.807, 2.05) is 0 Å². The lowest BCUT2D eigenvalue weighted by Crippen LogP contribution is -2.46. The molecule has 0 aromatic carbocycles. The number of unbranched alkanes of at least 4 members (excludes halogenated alkanes) is 38. The Bertz CT molecular complexity index is 1230. The number of rotatable bonds is 58. The zero-order valence-corrected chi connectivity index (χ0v) is 48.3. The number of amides is 1. The van der Waals surface area contributed by atoms with E-state index >= 15 is 0 Å². The highest BCUT2D eigenvalue weighted by atomic mass is 16.5. The van der Waals surface area contributed by atoms with E-state index in [-0.39, 0.29) is 24.9 Å². The first-order valence-electron chi connectivity index (χ1n) is 31.9. The van der Waals surface area contributed by atoms with Crippen molar-refractivity contribution in [3.63, 3.8) is 0 Å². The number of hydrogen-bond donors (Lipinski definition) is 3. The standard InChI is InChI=1S/C66H123NO5/c1-4-7-10-13-16-19-22-25-28-31-32-35-38-41-44-47-50-53-56-59-66(71)72-62(57-54-51-48-45-42-39-36-33-29-26-23-20-17-14-11-8-5-2)60-65(70)67-63(61-68)64(69)58-55-52-49-46-43-40-37-34-30-27-24-21-18-15-12-9-6-3/h17,20,25-26,28-29,36,39,62-64,68-69H,4-16,18-19,21-24,27,30-35,37-38,40-61H2,1-3H3,(H,67,70)/b20-17-,28-25+,29-26-,39-36-. The summed E-state index contributed by atoms with van der Waals surface area (Å²) in [5.74, 6) is -0.482. The normalized spacial score (nSPS) is 13.3. The Morgan fingerprint density at radius 2 is 0.708 bits per heavy atom. The number of esters is 1. The average Bonchev–Trinajstić information content (AvgIpc) is 3.37. The van der Waals surface area contributed by atoms with Gasteiger partial charge in [-0.2, -0.15) is 0 Å². The second-order valence-corrected chi connectivity index (χ2v) is 21.8. The number of carbonyl (C=O) groups is 2. The Hall–Kier alpha value is -2.18. The first-order valence-corrected chi connectivity index (χ1v) is 31.9. The lowest BCUT2D eigenvalue weighted by molar-refractivity contribution is -0.151. The smallest absolute Gasteiger partial charge is 0.306 e. The molecule has 0 aliphatic rings. The number of aliphatic hydroxyl groups excluding tert-OH is 2. The van der Waals surface area contributed by atoms with Crippen LogP contribution in [0, 0.1) is 0 Å². The molecule has 0 aromatic rings. The molecule has 0 bridgehead atoms. The maximum Gasteiger partial charge on any atom is 0.306 e. The number of aliphatic hydroxyl groups is 2. The molecule has 0 fully saturated rings. The Balaban J connectivity index is 4.55. The number of allylic oxidation sites excluding steroid dienone is 8. The number of ether oxygens (including phenoxy) is 1. The van der Waals surface area contributed by atoms with Gasteiger partial charge in [0.2, 0.25) is 5.91 Å². The number of carbonyl (C=O) groups excluding carboxylic acids is 2. The van der Waals surface area contributed by atoms with Gasteiger partial charge in [-0.05, 0) is 89.9 Å². The van der Waals surface area contributed by atoms with Crippen LogP contribution in [-0.2, 0) is 14.3 Å². The lowest BCUT2D eigenvalue weighted by atomic mass is 10.0. The van der Waals surface area contributed by atoms with Gasteiger partial charge in [0.25, 0.3) is 0 Å². The van der Waals surface area contributed by atoms with E-state index in [1.54, 1.807) is 0 Å². The third-order valence-electron chi connectivity index (χ3n) is 14.6. The van der Waals surface area contributed by atoms with Crippen molar-refractivity contribution < 1.29 is 24.5 Å². The molecule has 6 nitrogen and oxygen atoms in total. The molecule has 3 N–H and O–H groups in total. The molecule has 0 aliphatic carbocycles. The molecular weight excluding hydrogens is 887 g/mol. The fraction of sp³-hybridized carbons (Fsp3) is 0.848. The topological polar surface area (TPSA) is 95.9 Å². The van der Waals surface area contributed by atoms with Crippen LogP contribution in [0.4, 0.5) is 0 Å². The van der Waals surface area contributed by atoms with Gasteiger partial charge in [-0.15, -0.1) is 0 Å². The van der Waals surface area contributed by atoms with Crippen LogP contribution in [0.5, 0.6) is 0 Å². The van der Waals surface area contributed by atoms with E-state index in [9.17, 15) is 19.8 Å². The molecular formula is C66H123NO5. The van der Waals surface area contributed by atoms with Crippen LogP contribution < -0.4 is 5.32 Å². The van der Waals surface area contributed by atoms with Crippen LogP contribution >= 0.6 is 0 Å². The fourth-order valence-corrected chi connectivity index (χ4v) is 9.79. The Morgan fingerprint density at radius 3 is 1.11 bits per heavy atom. The predicted molar refractivity (Wildman–Crippen MR) is 315 cm³/mol. The minimum absolute atomic E-state index is 0.0640. The van der Waals surface area contributed by atoms with Crippen molar-refractivity contribution in [2.75, 3.05) is 6.61 Å². The lowest BCUT2D eigenvalue weighted by Gasteiger charge is -2.24. The van der Waals surface area contributed by atoms with Gasteiger partial charge in [0.1, 0.15) is 6.10 Å². The summed E-state index contributed by atoms with van der Waals surface area (Å²) < 4.78 is 5.98. The minimum Gasteiger partial charge on any atom is -0.462 e. The second kappa shape index (κ2) is 59.7. The van der Waals surface area contributed by atoms with E-state index < -0.39 is 18.2 Å². The van der Waals surface area contributed by atoms with Gasteiger partial charge >= 0.3 is 5.97 Å². The number of nitrogens with one attached hydrogen (secondary N) is 1. The molecule has 0 aliphatic heterocycles. The molecule has 0 rings (SSSR count). The quantitative estimate of drug-likeness (QED) is 0.0320. The molecule has 0 spiro atoms. The van der Waals surface area contributed by atoms with Crippen molar-refractivity contribution in [1.29, 1.82) is 0 Å². The molecule has 0 saturated heterocycles. The molecule has 0 radical (unpaired) electrons. The molecule has 422 valence electrons. The molecule has 72 heavy (non-hydrogen) atoms. The summed E-state index contributed by atoms with van der Waals surface area (Å²) in [5, 5.41) is 24.0. The summed E-state index contributed by atoms with van der Waals surface area (Å²) in [6, 6.07) is -0.711. The molecule has 0 heterocycles. The monoisotopic (exact) mass is 1010 g/mol. The highest BCUT2D eigenvalue weighted by Gasteiger charge is 2.24. The van der Waals surface area contributed by atoms with Gasteiger partial charge in [-0.25, -0.2) is 0 Å². The highest BCUT2D eigenvalue weighted by molar-refractivity contribution is 5.77. The van der Waals surface area contributed by atoms with Crippen molar-refractivity contribution in [1.82, 2.24) is 5.32 Å². The third-order valence-corrected chi connectivity index (χ3v) is 14.6. The predicted octanol–water partition coefficient (Wildman–Crippen LogP) is 20.1. The van der Waals surface area contributed by atoms with Crippen molar-refractivity contribution >= 4 is 11.9 Å². The largest absolute Gasteiger partial charge is 0.462 e. The molecule has 1 amide bonds. The summed E-state index contributed by atoms with van der Waals surface area (Å²) >= 11 is 0. The van der Waals surface area contributed by atoms with Gasteiger partial charge in [0.15, 0.2) is 0 Å². The fourth-order valence-electron chi connectivity index (χ4n) is 9.79. The van der Waals surface area contributed by atoms with Crippen molar-refractivity contribution in [2.24, 2.45) is 0 Å². The van der Waals surface area contributed by atoms with Crippen molar-refractivity contribution in [3.05, 3.63) is 48.6 Å². The van der Waals surface area contributed by atoms with E-state index in [1.165, 1.54) is 205 Å². The summed E-state index contributed by atoms with van der Waals surface area (Å²) in [5.41, 5.74) is 0. The average molecular weight is 1010 g/mol. The van der Waals surface area contributed by atoms with Crippen LogP contribution in [-0.4, -0.2) is 46.9 Å². The summed E-state index contributed by atoms with van der Waals surface area (Å²) in [4.78, 5) is 26.4.